The summed E-state index contributed by atoms with van der Waals surface area (Å²) in [6.07, 6.45) is -0.0191. The molecular weight excluding hydrogens is 1780 g/mol. The van der Waals surface area contributed by atoms with E-state index in [1.165, 1.54) is 19.3 Å². The van der Waals surface area contributed by atoms with Gasteiger partial charge in [-0.25, -0.2) is 0 Å². The number of rotatable bonds is 28. The summed E-state index contributed by atoms with van der Waals surface area (Å²) < 4.78 is 25.9. The largest absolute Gasteiger partial charge is 0.481 e. The number of hydrogen-bond acceptors (Lipinski definition) is 31. The van der Waals surface area contributed by atoms with Crippen molar-refractivity contribution >= 4 is 144 Å². The number of epoxide rings is 1. The fraction of sp³-hybridized carbons (Fsp3) is 0.406. The van der Waals surface area contributed by atoms with Crippen LogP contribution in [0.3, 0.4) is 0 Å². The predicted molar refractivity (Wildman–Crippen MR) is 507 cm³/mol. The van der Waals surface area contributed by atoms with Crippen molar-refractivity contribution in [1.29, 1.82) is 0 Å². The summed E-state index contributed by atoms with van der Waals surface area (Å²) in [6.45, 7) is 15.1. The number of β-amino-alcohol motifs (C(OH)–C–C–N with tert-alkyl or cyclic N) is 3. The molecule has 132 heavy (non-hydrogen) atoms. The summed E-state index contributed by atoms with van der Waals surface area (Å²) in [5, 5.41) is 87.1. The Morgan fingerprint density at radius 3 is 0.697 bits per heavy atom. The number of nitrogens with one attached hydrogen (secondary N) is 6. The highest BCUT2D eigenvalue weighted by molar-refractivity contribution is 6.35. The highest BCUT2D eigenvalue weighted by Gasteiger charge is 2.39. The minimum Gasteiger partial charge on any atom is -0.481 e. The number of nitrogens with zero attached hydrogens (tertiary/aromatic N) is 3. The fourth-order valence-corrected chi connectivity index (χ4v) is 16.1. The van der Waals surface area contributed by atoms with Crippen molar-refractivity contribution < 1.29 is 103 Å². The number of ketones is 8. The van der Waals surface area contributed by atoms with E-state index >= 15 is 0 Å². The Labute approximate surface area is 784 Å². The van der Waals surface area contributed by atoms with Crippen LogP contribution in [-0.4, -0.2) is 327 Å². The number of nitrogens with two attached hydrogens (primary N) is 2. The van der Waals surface area contributed by atoms with Crippen molar-refractivity contribution in [2.45, 2.75) is 68.9 Å². The Bertz CT molecular complexity index is 5120. The number of aliphatic carboxylic acids is 1. The molecule has 0 spiro atoms. The number of anilines is 8. The first-order valence-corrected chi connectivity index (χ1v) is 45.9. The number of benzene rings is 8. The summed E-state index contributed by atoms with van der Waals surface area (Å²) in [7, 11) is 0. The van der Waals surface area contributed by atoms with Gasteiger partial charge in [0.25, 0.3) is 5.97 Å². The summed E-state index contributed by atoms with van der Waals surface area (Å²) in [6, 6.07) is 40.3. The molecule has 0 amide bonds. The van der Waals surface area contributed by atoms with E-state index in [1.54, 1.807) is 146 Å². The summed E-state index contributed by atoms with van der Waals surface area (Å²) >= 11 is 22.2. The Kier molecular flexibility index (Phi) is 39.2. The SMILES string of the molecule is C1CCOCC1.CC(=O)O.ClCC1CO1.Nc1ccc(N)c2c1C(=O)c1ccccc1C2=O.O=C1c2ccccc2C(=O)c2c(NCC(O)CCl)ccc(NCC(O)CCl)c21.O=C1c2ccccc2C(=O)c2c(NCC(O)CN3CCOCC3)ccc(NCC(O)CCl)c21.O=C1c2ccccc2C(=O)c2c(NCC(O)CN3CCOCC3)ccc(NCC(O)CN3CCOCC3)c21. The van der Waals surface area contributed by atoms with Crippen LogP contribution in [0.2, 0.25) is 0 Å². The van der Waals surface area contributed by atoms with Crippen LogP contribution in [0.25, 0.3) is 0 Å². The average Bonchev–Trinajstić information content (AvgIpc) is 1.01. The van der Waals surface area contributed by atoms with Gasteiger partial charge < -0.3 is 103 Å². The number of fused-ring (bicyclic) bond motifs is 8. The zero-order valence-corrected chi connectivity index (χ0v) is 76.2. The van der Waals surface area contributed by atoms with E-state index in [9.17, 15) is 69.0 Å². The number of aliphatic hydroxyl groups is 6. The lowest BCUT2D eigenvalue weighted by Gasteiger charge is -2.29. The van der Waals surface area contributed by atoms with E-state index in [4.69, 9.17) is 91.5 Å². The molecule has 5 aliphatic heterocycles. The molecule has 4 aliphatic carbocycles. The third kappa shape index (κ3) is 27.2. The number of carboxylic acid groups (broad SMARTS) is 1. The lowest BCUT2D eigenvalue weighted by atomic mass is 9.82. The van der Waals surface area contributed by atoms with Gasteiger partial charge in [-0.1, -0.05) is 97.1 Å². The molecule has 17 N–H and O–H groups in total. The van der Waals surface area contributed by atoms with Crippen molar-refractivity contribution in [2.75, 3.05) is 225 Å². The average molecular weight is 1900 g/mol. The molecule has 36 heteroatoms. The van der Waals surface area contributed by atoms with Crippen LogP contribution in [0.1, 0.15) is 154 Å². The molecule has 0 saturated carbocycles. The lowest BCUT2D eigenvalue weighted by molar-refractivity contribution is -0.134. The molecule has 0 aromatic heterocycles. The summed E-state index contributed by atoms with van der Waals surface area (Å²) in [5.74, 6) is -2.09. The van der Waals surface area contributed by atoms with E-state index in [0.29, 0.717) is 161 Å². The van der Waals surface area contributed by atoms with Crippen molar-refractivity contribution in [3.8, 4) is 0 Å². The second kappa shape index (κ2) is 50.6. The van der Waals surface area contributed by atoms with Gasteiger partial charge in [-0.15, -0.1) is 46.4 Å². The standard InChI is InChI=1S/C28H36N4O6.C24H28ClN3O5.C20H20Cl2N2O4.C14H10N2O2.C5H10O.C3H5ClO.C2H4O2/c33-19(17-31-7-11-37-12-8-31)15-29-23-5-6-24(30-16-20(34)18-32-9-13-38-14-10-32)26-25(23)27(35)21-3-1-2-4-22(21)28(26)36;25-11-15(29)12-26-19-5-6-20(27-13-16(30)14-28-7-9-33-10-8-28)22-21(19)23(31)17-3-1-2-4-18(17)24(22)32;21-7-11(25)9-23-15-5-6-16(24-10-12(26)8-22)18-17(15)19(27)13-3-1-2-4-14(13)20(18)28;15-9-5-6-10(16)12-11(9)13(17)7-3-1-2-4-8(7)14(12)18;1-2-4-6-5-3-1;4-1-3-2-5-3;1-2(3)4/h1-6,19-20,29-30,33-34H,7-18H2;1-6,15-16,26-27,29-30H,7-14H2;1-6,11-12,23-26H,7-10H2;1-6H,15-16H2;1-5H2;3H,1-2H2;1H3,(H,3,4). The molecule has 32 nitrogen and oxygen atoms in total. The molecule has 0 radical (unpaired) electrons. The van der Waals surface area contributed by atoms with E-state index < -0.39 is 42.6 Å². The molecule has 9 aliphatic rings. The van der Waals surface area contributed by atoms with Gasteiger partial charge >= 0.3 is 0 Å². The maximum absolute atomic E-state index is 13.6. The van der Waals surface area contributed by atoms with Gasteiger partial charge in [0.2, 0.25) is 0 Å². The number of carbonyl (C=O) groups is 9. The molecule has 0 bridgehead atoms. The van der Waals surface area contributed by atoms with Crippen LogP contribution in [0.4, 0.5) is 45.5 Å². The van der Waals surface area contributed by atoms with Gasteiger partial charge in [0.15, 0.2) is 46.3 Å². The van der Waals surface area contributed by atoms with E-state index in [1.807, 2.05) is 0 Å². The molecule has 5 fully saturated rings. The number of morpholine rings is 3. The normalized spacial score (nSPS) is 17.7. The predicted octanol–water partition coefficient (Wildman–Crippen LogP) is 8.26. The summed E-state index contributed by atoms with van der Waals surface area (Å²) in [5.41, 5.74) is 19.9. The van der Waals surface area contributed by atoms with Crippen LogP contribution in [-0.2, 0) is 28.5 Å². The van der Waals surface area contributed by atoms with Gasteiger partial charge in [0, 0.05) is 208 Å². The van der Waals surface area contributed by atoms with Crippen LogP contribution in [0.5, 0.6) is 0 Å². The number of halogens is 4. The quantitative estimate of drug-likeness (QED) is 0.0125. The highest BCUT2D eigenvalue weighted by atomic mass is 35.5. The maximum Gasteiger partial charge on any atom is 0.300 e. The number of nitrogen functional groups attached to an aromatic ring is 2. The van der Waals surface area contributed by atoms with Crippen LogP contribution in [0.15, 0.2) is 146 Å². The number of hydrogen-bond donors (Lipinski definition) is 15. The van der Waals surface area contributed by atoms with Crippen molar-refractivity contribution in [3.05, 3.63) is 235 Å². The Hall–Kier alpha value is -10.4. The van der Waals surface area contributed by atoms with E-state index in [2.05, 4.69) is 46.6 Å². The van der Waals surface area contributed by atoms with Gasteiger partial charge in [0.05, 0.1) is 157 Å². The molecule has 5 heterocycles. The highest BCUT2D eigenvalue weighted by Crippen LogP contribution is 2.41. The third-order valence-corrected chi connectivity index (χ3v) is 23.9. The minimum absolute atomic E-state index is 0.0425. The molecule has 706 valence electrons. The first-order valence-electron chi connectivity index (χ1n) is 43.7. The molecule has 7 atom stereocenters. The monoisotopic (exact) mass is 1900 g/mol. The second-order valence-electron chi connectivity index (χ2n) is 32.3. The minimum atomic E-state index is -0.833. The van der Waals surface area contributed by atoms with Crippen molar-refractivity contribution in [3.63, 3.8) is 0 Å². The smallest absolute Gasteiger partial charge is 0.300 e. The maximum atomic E-state index is 13.6. The van der Waals surface area contributed by atoms with Crippen molar-refractivity contribution in [2.24, 2.45) is 0 Å². The Morgan fingerprint density at radius 1 is 0.333 bits per heavy atom. The van der Waals surface area contributed by atoms with E-state index in [0.717, 1.165) is 66.0 Å². The zero-order valence-electron chi connectivity index (χ0n) is 73.2. The molecule has 7 unspecified atom stereocenters. The third-order valence-electron chi connectivity index (χ3n) is 22.4. The van der Waals surface area contributed by atoms with E-state index in [-0.39, 0.29) is 148 Å². The Morgan fingerprint density at radius 2 is 0.530 bits per heavy atom. The fourth-order valence-electron chi connectivity index (χ4n) is 15.6. The van der Waals surface area contributed by atoms with Gasteiger partial charge in [-0.2, -0.15) is 0 Å². The summed E-state index contributed by atoms with van der Waals surface area (Å²) in [4.78, 5) is 120. The van der Waals surface area contributed by atoms with Crippen LogP contribution >= 0.6 is 46.4 Å². The molecule has 5 saturated heterocycles. The lowest BCUT2D eigenvalue weighted by Crippen LogP contribution is -2.43. The first kappa shape index (κ1) is 102. The first-order chi connectivity index (χ1) is 63.7. The van der Waals surface area contributed by atoms with Gasteiger partial charge in [-0.3, -0.25) is 57.9 Å². The van der Waals surface area contributed by atoms with Crippen LogP contribution in [0, 0.1) is 0 Å². The molecule has 17 rings (SSSR count). The van der Waals surface area contributed by atoms with Crippen LogP contribution < -0.4 is 43.4 Å². The molecule has 8 aromatic rings. The second-order valence-corrected chi connectivity index (χ2v) is 33.5. The number of carbonyl (C=O) groups excluding carboxylic acids is 8. The number of ether oxygens (including phenoxy) is 5. The van der Waals surface area contributed by atoms with Gasteiger partial charge in [-0.05, 0) is 67.8 Å². The van der Waals surface area contributed by atoms with Gasteiger partial charge in [0.1, 0.15) is 0 Å². The Balaban J connectivity index is 0.000000164. The molecule has 8 aromatic carbocycles. The topological polar surface area (TPSA) is 479 Å². The number of alkyl halides is 4. The molecular formula is C96H113Cl4N11O21. The number of carboxylic acids is 1. The zero-order chi connectivity index (χ0) is 94.5. The number of aliphatic hydroxyl groups excluding tert-OH is 6. The van der Waals surface area contributed by atoms with Crippen molar-refractivity contribution in [1.82, 2.24) is 14.7 Å².